The first-order chi connectivity index (χ1) is 8.77. The maximum absolute atomic E-state index is 12.5. The summed E-state index contributed by atoms with van der Waals surface area (Å²) < 4.78 is 37.5. The van der Waals surface area contributed by atoms with Crippen molar-refractivity contribution in [2.75, 3.05) is 0 Å². The quantitative estimate of drug-likeness (QED) is 0.869. The third kappa shape index (κ3) is 2.72. The van der Waals surface area contributed by atoms with Crippen molar-refractivity contribution in [1.29, 1.82) is 0 Å². The number of aromatic amines is 1. The number of aromatic nitrogens is 2. The molecule has 1 aromatic heterocycles. The smallest absolute Gasteiger partial charge is 0.416 e. The summed E-state index contributed by atoms with van der Waals surface area (Å²) in [5.41, 5.74) is -1.74. The summed E-state index contributed by atoms with van der Waals surface area (Å²) in [6, 6.07) is 2.52. The Kier molecular flexibility index (Phi) is 3.01. The maximum atomic E-state index is 12.5. The van der Waals surface area contributed by atoms with E-state index in [1.165, 1.54) is 0 Å². The fourth-order valence-corrected chi connectivity index (χ4v) is 1.59. The summed E-state index contributed by atoms with van der Waals surface area (Å²) in [4.78, 5) is 28.0. The minimum atomic E-state index is -4.56. The fraction of sp³-hybridized carbons (Fsp3) is 0.182. The number of halogens is 3. The van der Waals surface area contributed by atoms with Gasteiger partial charge in [0, 0.05) is 0 Å². The number of H-pyrrole nitrogens is 1. The van der Waals surface area contributed by atoms with Gasteiger partial charge in [-0.2, -0.15) is 13.2 Å². The fourth-order valence-electron chi connectivity index (χ4n) is 1.59. The molecule has 0 aliphatic heterocycles. The van der Waals surface area contributed by atoms with E-state index in [1.807, 2.05) is 0 Å². The molecular formula is C11H7F3N2O3. The molecule has 100 valence electrons. The number of alkyl halides is 3. The second-order valence-corrected chi connectivity index (χ2v) is 3.81. The highest BCUT2D eigenvalue weighted by molar-refractivity contribution is 5.79. The maximum Gasteiger partial charge on any atom is 0.416 e. The van der Waals surface area contributed by atoms with Crippen LogP contribution in [0.3, 0.4) is 0 Å². The summed E-state index contributed by atoms with van der Waals surface area (Å²) in [7, 11) is 0. The lowest BCUT2D eigenvalue weighted by Crippen LogP contribution is -2.16. The number of fused-ring (bicyclic) bond motifs is 1. The second kappa shape index (κ2) is 4.38. The molecule has 0 saturated heterocycles. The molecule has 0 aliphatic rings. The van der Waals surface area contributed by atoms with Crippen LogP contribution in [0.2, 0.25) is 0 Å². The molecule has 8 heteroatoms. The van der Waals surface area contributed by atoms with Gasteiger partial charge in [-0.25, -0.2) is 4.98 Å². The van der Waals surface area contributed by atoms with Gasteiger partial charge >= 0.3 is 12.1 Å². The number of rotatable bonds is 2. The average Bonchev–Trinajstić information content (AvgIpc) is 2.26. The van der Waals surface area contributed by atoms with E-state index in [1.54, 1.807) is 0 Å². The zero-order valence-electron chi connectivity index (χ0n) is 9.28. The van der Waals surface area contributed by atoms with Crippen molar-refractivity contribution in [2.24, 2.45) is 0 Å². The van der Waals surface area contributed by atoms with Crippen LogP contribution < -0.4 is 5.56 Å². The van der Waals surface area contributed by atoms with E-state index in [-0.39, 0.29) is 16.7 Å². The minimum absolute atomic E-state index is 0.0213. The summed E-state index contributed by atoms with van der Waals surface area (Å²) >= 11 is 0. The molecule has 19 heavy (non-hydrogen) atoms. The van der Waals surface area contributed by atoms with Crippen LogP contribution in [0.5, 0.6) is 0 Å². The van der Waals surface area contributed by atoms with Gasteiger partial charge in [0.25, 0.3) is 5.56 Å². The summed E-state index contributed by atoms with van der Waals surface area (Å²) in [5.74, 6) is -1.31. The van der Waals surface area contributed by atoms with Gasteiger partial charge in [-0.1, -0.05) is 0 Å². The van der Waals surface area contributed by atoms with Crippen molar-refractivity contribution >= 4 is 16.9 Å². The van der Waals surface area contributed by atoms with Gasteiger partial charge in [0.15, 0.2) is 0 Å². The van der Waals surface area contributed by atoms with E-state index in [2.05, 4.69) is 9.97 Å². The minimum Gasteiger partial charge on any atom is -0.481 e. The molecular weight excluding hydrogens is 265 g/mol. The monoisotopic (exact) mass is 272 g/mol. The molecule has 1 heterocycles. The number of carboxylic acid groups (broad SMARTS) is 1. The molecule has 0 spiro atoms. The first kappa shape index (κ1) is 13.1. The van der Waals surface area contributed by atoms with Crippen molar-refractivity contribution in [1.82, 2.24) is 9.97 Å². The Balaban J connectivity index is 2.60. The van der Waals surface area contributed by atoms with Crippen LogP contribution in [0.1, 0.15) is 11.4 Å². The van der Waals surface area contributed by atoms with Gasteiger partial charge in [-0.3, -0.25) is 9.59 Å². The van der Waals surface area contributed by atoms with Crippen molar-refractivity contribution in [2.45, 2.75) is 12.6 Å². The number of hydrogen-bond acceptors (Lipinski definition) is 3. The molecule has 2 rings (SSSR count). The van der Waals surface area contributed by atoms with E-state index in [0.29, 0.717) is 6.07 Å². The number of nitrogens with one attached hydrogen (secondary N) is 1. The van der Waals surface area contributed by atoms with Gasteiger partial charge in [0.05, 0.1) is 16.5 Å². The normalized spacial score (nSPS) is 11.7. The van der Waals surface area contributed by atoms with Gasteiger partial charge in [0.2, 0.25) is 0 Å². The number of carbonyl (C=O) groups is 1. The van der Waals surface area contributed by atoms with Crippen LogP contribution in [-0.4, -0.2) is 21.0 Å². The molecule has 5 nitrogen and oxygen atoms in total. The molecule has 0 fully saturated rings. The molecule has 1 aromatic carbocycles. The number of carboxylic acids is 1. The first-order valence-electron chi connectivity index (χ1n) is 5.09. The standard InChI is InChI=1S/C11H7F3N2O3/c12-11(13,14)5-1-2-7-6(3-5)10(19)16-8(15-7)4-9(17)18/h1-3H,4H2,(H,17,18)(H,15,16,19). The largest absolute Gasteiger partial charge is 0.481 e. The van der Waals surface area contributed by atoms with Crippen LogP contribution >= 0.6 is 0 Å². The van der Waals surface area contributed by atoms with Crippen molar-refractivity contribution in [3.8, 4) is 0 Å². The SMILES string of the molecule is O=C(O)Cc1nc2ccc(C(F)(F)F)cc2c(=O)[nH]1. The van der Waals surface area contributed by atoms with Crippen LogP contribution in [-0.2, 0) is 17.4 Å². The zero-order chi connectivity index (χ0) is 14.2. The summed E-state index contributed by atoms with van der Waals surface area (Å²) in [5, 5.41) is 8.34. The Labute approximate surface area is 103 Å². The molecule has 0 unspecified atom stereocenters. The zero-order valence-corrected chi connectivity index (χ0v) is 9.28. The predicted molar refractivity (Wildman–Crippen MR) is 58.7 cm³/mol. The third-order valence-electron chi connectivity index (χ3n) is 2.40. The van der Waals surface area contributed by atoms with Crippen molar-refractivity contribution < 1.29 is 23.1 Å². The molecule has 0 atom stereocenters. The first-order valence-corrected chi connectivity index (χ1v) is 5.09. The van der Waals surface area contributed by atoms with Crippen LogP contribution in [0, 0.1) is 0 Å². The van der Waals surface area contributed by atoms with Crippen LogP contribution in [0.25, 0.3) is 10.9 Å². The molecule has 2 N–H and O–H groups in total. The summed E-state index contributed by atoms with van der Waals surface area (Å²) in [6.45, 7) is 0. The van der Waals surface area contributed by atoms with Crippen molar-refractivity contribution in [3.05, 3.63) is 39.9 Å². The van der Waals surface area contributed by atoms with E-state index in [0.717, 1.165) is 12.1 Å². The third-order valence-corrected chi connectivity index (χ3v) is 2.40. The lowest BCUT2D eigenvalue weighted by Gasteiger charge is -2.07. The van der Waals surface area contributed by atoms with E-state index >= 15 is 0 Å². The summed E-state index contributed by atoms with van der Waals surface area (Å²) in [6.07, 6.45) is -5.06. The van der Waals surface area contributed by atoms with Gasteiger partial charge in [0.1, 0.15) is 12.2 Å². The van der Waals surface area contributed by atoms with Crippen LogP contribution in [0.4, 0.5) is 13.2 Å². The Morgan fingerprint density at radius 2 is 2.05 bits per heavy atom. The topological polar surface area (TPSA) is 83.0 Å². The Bertz CT molecular complexity index is 706. The lowest BCUT2D eigenvalue weighted by atomic mass is 10.1. The van der Waals surface area contributed by atoms with E-state index in [4.69, 9.17) is 5.11 Å². The number of benzene rings is 1. The highest BCUT2D eigenvalue weighted by Gasteiger charge is 2.30. The van der Waals surface area contributed by atoms with Gasteiger partial charge in [-0.15, -0.1) is 0 Å². The molecule has 2 aromatic rings. The molecule has 0 aliphatic carbocycles. The van der Waals surface area contributed by atoms with E-state index < -0.39 is 29.7 Å². The predicted octanol–water partition coefficient (Wildman–Crippen LogP) is 1.57. The second-order valence-electron chi connectivity index (χ2n) is 3.81. The molecule has 0 amide bonds. The number of nitrogens with zero attached hydrogens (tertiary/aromatic N) is 1. The van der Waals surface area contributed by atoms with Crippen LogP contribution in [0.15, 0.2) is 23.0 Å². The van der Waals surface area contributed by atoms with Gasteiger partial charge in [-0.05, 0) is 18.2 Å². The Morgan fingerprint density at radius 1 is 1.37 bits per heavy atom. The average molecular weight is 272 g/mol. The molecule has 0 saturated carbocycles. The van der Waals surface area contributed by atoms with Gasteiger partial charge < -0.3 is 10.1 Å². The van der Waals surface area contributed by atoms with Crippen molar-refractivity contribution in [3.63, 3.8) is 0 Å². The number of aliphatic carboxylic acids is 1. The highest BCUT2D eigenvalue weighted by atomic mass is 19.4. The molecule has 0 radical (unpaired) electrons. The lowest BCUT2D eigenvalue weighted by molar-refractivity contribution is -0.138. The highest BCUT2D eigenvalue weighted by Crippen LogP contribution is 2.30. The number of hydrogen-bond donors (Lipinski definition) is 2. The Morgan fingerprint density at radius 3 is 2.63 bits per heavy atom. The Hall–Kier alpha value is -2.38. The van der Waals surface area contributed by atoms with E-state index in [9.17, 15) is 22.8 Å². The molecule has 0 bridgehead atoms.